The summed E-state index contributed by atoms with van der Waals surface area (Å²) < 4.78 is 3.06. The molecule has 0 aliphatic rings. The molecule has 0 fully saturated rings. The normalized spacial score (nSPS) is 13.6. The molecule has 1 heterocycles. The van der Waals surface area contributed by atoms with Gasteiger partial charge in [0.1, 0.15) is 4.60 Å². The monoisotopic (exact) mass is 337 g/mol. The molecule has 2 aromatic rings. The van der Waals surface area contributed by atoms with E-state index in [2.05, 4.69) is 82.8 Å². The van der Waals surface area contributed by atoms with Crippen molar-refractivity contribution >= 4 is 26.8 Å². The summed E-state index contributed by atoms with van der Waals surface area (Å²) in [6.45, 7) is 5.54. The van der Waals surface area contributed by atoms with Gasteiger partial charge in [-0.3, -0.25) is 4.68 Å². The molecule has 4 heteroatoms. The number of nitrogens with zero attached hydrogens (tertiary/aromatic N) is 3. The topological polar surface area (TPSA) is 21.1 Å². The molecular weight excluding hydrogens is 314 g/mol. The molecule has 3 nitrogen and oxygen atoms in total. The Morgan fingerprint density at radius 2 is 1.95 bits per heavy atom. The average Bonchev–Trinajstić information content (AvgIpc) is 2.71. The minimum Gasteiger partial charge on any atom is -0.306 e. The summed E-state index contributed by atoms with van der Waals surface area (Å²) in [6, 6.07) is 8.99. The first-order chi connectivity index (χ1) is 9.49. The van der Waals surface area contributed by atoms with Crippen LogP contribution in [-0.4, -0.2) is 34.8 Å². The van der Waals surface area contributed by atoms with Crippen LogP contribution in [0.3, 0.4) is 0 Å². The summed E-state index contributed by atoms with van der Waals surface area (Å²) in [5.74, 6) is 0.725. The molecule has 0 N–H and O–H groups in total. The number of benzene rings is 1. The van der Waals surface area contributed by atoms with Gasteiger partial charge >= 0.3 is 0 Å². The Hall–Kier alpha value is -0.870. The molecule has 0 bridgehead atoms. The summed E-state index contributed by atoms with van der Waals surface area (Å²) in [6.07, 6.45) is 2.36. The largest absolute Gasteiger partial charge is 0.306 e. The Morgan fingerprint density at radius 3 is 2.60 bits per heavy atom. The van der Waals surface area contributed by atoms with Crippen molar-refractivity contribution < 1.29 is 0 Å². The molecule has 20 heavy (non-hydrogen) atoms. The number of hydrogen-bond donors (Lipinski definition) is 0. The summed E-state index contributed by atoms with van der Waals surface area (Å²) >= 11 is 3.55. The zero-order valence-electron chi connectivity index (χ0n) is 12.8. The SMILES string of the molecule is CC(C)CC(CCn1nc(Br)c2ccccc21)N(C)C. The molecule has 1 aromatic heterocycles. The maximum atomic E-state index is 4.62. The number of fused-ring (bicyclic) bond motifs is 1. The molecule has 0 saturated heterocycles. The lowest BCUT2D eigenvalue weighted by atomic mass is 10.0. The first-order valence-corrected chi connectivity index (χ1v) is 8.05. The van der Waals surface area contributed by atoms with Gasteiger partial charge in [-0.15, -0.1) is 0 Å². The highest BCUT2D eigenvalue weighted by Crippen LogP contribution is 2.23. The van der Waals surface area contributed by atoms with E-state index in [1.807, 2.05) is 0 Å². The van der Waals surface area contributed by atoms with Crippen LogP contribution in [-0.2, 0) is 6.54 Å². The van der Waals surface area contributed by atoms with Crippen LogP contribution in [0.4, 0.5) is 0 Å². The van der Waals surface area contributed by atoms with Crippen molar-refractivity contribution in [3.05, 3.63) is 28.9 Å². The quantitative estimate of drug-likeness (QED) is 0.788. The van der Waals surface area contributed by atoms with Crippen molar-refractivity contribution in [2.24, 2.45) is 5.92 Å². The molecule has 0 amide bonds. The van der Waals surface area contributed by atoms with Gasteiger partial charge in [0.2, 0.25) is 0 Å². The maximum Gasteiger partial charge on any atom is 0.135 e. The van der Waals surface area contributed by atoms with E-state index in [0.29, 0.717) is 6.04 Å². The molecule has 1 unspecified atom stereocenters. The van der Waals surface area contributed by atoms with E-state index in [1.165, 1.54) is 17.3 Å². The molecule has 1 aromatic carbocycles. The fourth-order valence-corrected chi connectivity index (χ4v) is 3.19. The van der Waals surface area contributed by atoms with E-state index >= 15 is 0 Å². The zero-order chi connectivity index (χ0) is 14.7. The fraction of sp³-hybridized carbons (Fsp3) is 0.562. The lowest BCUT2D eigenvalue weighted by molar-refractivity contribution is 0.232. The molecule has 110 valence electrons. The molecule has 2 rings (SSSR count). The lowest BCUT2D eigenvalue weighted by Crippen LogP contribution is -2.30. The minimum absolute atomic E-state index is 0.608. The van der Waals surface area contributed by atoms with Gasteiger partial charge in [0, 0.05) is 18.0 Å². The smallest absolute Gasteiger partial charge is 0.135 e. The highest BCUT2D eigenvalue weighted by atomic mass is 79.9. The number of hydrogen-bond acceptors (Lipinski definition) is 2. The van der Waals surface area contributed by atoms with Gasteiger partial charge < -0.3 is 4.90 Å². The van der Waals surface area contributed by atoms with Crippen molar-refractivity contribution in [1.82, 2.24) is 14.7 Å². The van der Waals surface area contributed by atoms with Crippen molar-refractivity contribution in [2.45, 2.75) is 39.3 Å². The summed E-state index contributed by atoms with van der Waals surface area (Å²) in [5, 5.41) is 5.81. The van der Waals surface area contributed by atoms with E-state index in [9.17, 15) is 0 Å². The zero-order valence-corrected chi connectivity index (χ0v) is 14.4. The van der Waals surface area contributed by atoms with Gasteiger partial charge in [0.05, 0.1) is 5.52 Å². The molecule has 0 aliphatic heterocycles. The Labute approximate surface area is 130 Å². The maximum absolute atomic E-state index is 4.62. The highest BCUT2D eigenvalue weighted by Gasteiger charge is 2.15. The lowest BCUT2D eigenvalue weighted by Gasteiger charge is -2.26. The van der Waals surface area contributed by atoms with Crippen molar-refractivity contribution in [1.29, 1.82) is 0 Å². The van der Waals surface area contributed by atoms with E-state index < -0.39 is 0 Å². The van der Waals surface area contributed by atoms with Crippen LogP contribution in [0.5, 0.6) is 0 Å². The summed E-state index contributed by atoms with van der Waals surface area (Å²) in [4.78, 5) is 2.33. The summed E-state index contributed by atoms with van der Waals surface area (Å²) in [5.41, 5.74) is 1.21. The third-order valence-corrected chi connectivity index (χ3v) is 4.35. The minimum atomic E-state index is 0.608. The second-order valence-corrected chi connectivity index (χ2v) is 6.82. The van der Waals surface area contributed by atoms with Crippen molar-refractivity contribution in [3.63, 3.8) is 0 Å². The first-order valence-electron chi connectivity index (χ1n) is 7.26. The van der Waals surface area contributed by atoms with E-state index in [4.69, 9.17) is 0 Å². The van der Waals surface area contributed by atoms with Gasteiger partial charge in [0.15, 0.2) is 0 Å². The fourth-order valence-electron chi connectivity index (χ4n) is 2.66. The number of rotatable bonds is 6. The Balaban J connectivity index is 2.12. The molecule has 0 radical (unpaired) electrons. The van der Waals surface area contributed by atoms with Crippen LogP contribution < -0.4 is 0 Å². The Bertz CT molecular complexity index is 560. The van der Waals surface area contributed by atoms with Crippen LogP contribution in [0, 0.1) is 5.92 Å². The van der Waals surface area contributed by atoms with Crippen molar-refractivity contribution in [3.8, 4) is 0 Å². The third kappa shape index (κ3) is 3.61. The van der Waals surface area contributed by atoms with Crippen LogP contribution >= 0.6 is 15.9 Å². The molecule has 0 spiro atoms. The number of halogens is 1. The van der Waals surface area contributed by atoms with Gasteiger partial charge in [0.25, 0.3) is 0 Å². The van der Waals surface area contributed by atoms with Gasteiger partial charge in [-0.2, -0.15) is 5.10 Å². The van der Waals surface area contributed by atoms with Crippen LogP contribution in [0.15, 0.2) is 28.9 Å². The molecule has 1 atom stereocenters. The third-order valence-electron chi connectivity index (χ3n) is 3.76. The van der Waals surface area contributed by atoms with Gasteiger partial charge in [-0.1, -0.05) is 32.0 Å². The van der Waals surface area contributed by atoms with Crippen LogP contribution in [0.2, 0.25) is 0 Å². The second kappa shape index (κ2) is 6.72. The second-order valence-electron chi connectivity index (χ2n) is 6.07. The van der Waals surface area contributed by atoms with Crippen LogP contribution in [0.1, 0.15) is 26.7 Å². The van der Waals surface area contributed by atoms with E-state index in [-0.39, 0.29) is 0 Å². The molecule has 0 saturated carbocycles. The summed E-state index contributed by atoms with van der Waals surface area (Å²) in [7, 11) is 4.34. The molecular formula is C16H24BrN3. The number of aromatic nitrogens is 2. The predicted molar refractivity (Wildman–Crippen MR) is 89.0 cm³/mol. The highest BCUT2D eigenvalue weighted by molar-refractivity contribution is 9.10. The predicted octanol–water partition coefficient (Wildman–Crippen LogP) is 4.17. The Morgan fingerprint density at radius 1 is 1.25 bits per heavy atom. The molecule has 0 aliphatic carbocycles. The standard InChI is InChI=1S/C16H24BrN3/c1-12(2)11-13(19(3)4)9-10-20-15-8-6-5-7-14(15)16(17)18-20/h5-8,12-13H,9-11H2,1-4H3. The van der Waals surface area contributed by atoms with Crippen LogP contribution in [0.25, 0.3) is 10.9 Å². The van der Waals surface area contributed by atoms with Crippen molar-refractivity contribution in [2.75, 3.05) is 14.1 Å². The van der Waals surface area contributed by atoms with Gasteiger partial charge in [-0.25, -0.2) is 0 Å². The van der Waals surface area contributed by atoms with Gasteiger partial charge in [-0.05, 0) is 54.9 Å². The Kier molecular flexibility index (Phi) is 5.22. The first kappa shape index (κ1) is 15.5. The average molecular weight is 338 g/mol. The van der Waals surface area contributed by atoms with E-state index in [0.717, 1.165) is 23.5 Å². The number of para-hydroxylation sites is 1. The van der Waals surface area contributed by atoms with E-state index in [1.54, 1.807) is 0 Å². The number of aryl methyl sites for hydroxylation is 1.